The molecule has 0 aliphatic carbocycles. The van der Waals surface area contributed by atoms with Gasteiger partial charge in [0.05, 0.1) is 16.6 Å². The van der Waals surface area contributed by atoms with Crippen LogP contribution in [0.3, 0.4) is 0 Å². The first-order valence-corrected chi connectivity index (χ1v) is 7.87. The zero-order valence-electron chi connectivity index (χ0n) is 10.7. The molecule has 1 amide bonds. The largest absolute Gasteiger partial charge is 0.342 e. The molecule has 5 heteroatoms. The maximum Gasteiger partial charge on any atom is 0.222 e. The number of alkyl halides is 1. The normalized spacial score (nSPS) is 19.8. The third-order valence-corrected chi connectivity index (χ3v) is 4.44. The molecule has 1 aliphatic rings. The number of amides is 1. The number of thiazole rings is 1. The Kier molecular flexibility index (Phi) is 5.01. The topological polar surface area (TPSA) is 33.2 Å². The van der Waals surface area contributed by atoms with Gasteiger partial charge < -0.3 is 4.90 Å². The van der Waals surface area contributed by atoms with Crippen molar-refractivity contribution in [2.75, 3.05) is 13.1 Å². The molecule has 0 bridgehead atoms. The van der Waals surface area contributed by atoms with Crippen molar-refractivity contribution >= 4 is 28.8 Å². The van der Waals surface area contributed by atoms with Crippen LogP contribution in [0.5, 0.6) is 0 Å². The van der Waals surface area contributed by atoms with E-state index in [0.717, 1.165) is 49.5 Å². The van der Waals surface area contributed by atoms with E-state index < -0.39 is 0 Å². The second-order valence-corrected chi connectivity index (χ2v) is 6.18. The van der Waals surface area contributed by atoms with E-state index in [2.05, 4.69) is 11.9 Å². The molecule has 3 nitrogen and oxygen atoms in total. The van der Waals surface area contributed by atoms with E-state index in [1.807, 2.05) is 10.3 Å². The fourth-order valence-electron chi connectivity index (χ4n) is 2.29. The number of rotatable bonds is 6. The van der Waals surface area contributed by atoms with E-state index >= 15 is 0 Å². The molecule has 2 rings (SSSR count). The standard InChI is InChI=1S/C13H19ClN2OS/c1-10-6-13(17)16(8-10)5-3-2-4-12-15-11(7-14)9-18-12/h9-10H,2-8H2,1H3. The van der Waals surface area contributed by atoms with Gasteiger partial charge in [-0.2, -0.15) is 0 Å². The molecular weight excluding hydrogens is 268 g/mol. The molecule has 1 aliphatic heterocycles. The van der Waals surface area contributed by atoms with Crippen LogP contribution in [0.1, 0.15) is 36.9 Å². The summed E-state index contributed by atoms with van der Waals surface area (Å²) in [6.45, 7) is 3.98. The number of likely N-dealkylation sites (tertiary alicyclic amines) is 1. The molecule has 0 N–H and O–H groups in total. The first-order chi connectivity index (χ1) is 8.69. The Labute approximate surface area is 117 Å². The summed E-state index contributed by atoms with van der Waals surface area (Å²) >= 11 is 7.40. The van der Waals surface area contributed by atoms with Gasteiger partial charge in [0.25, 0.3) is 0 Å². The van der Waals surface area contributed by atoms with E-state index in [0.29, 0.717) is 17.7 Å². The molecule has 1 saturated heterocycles. The van der Waals surface area contributed by atoms with Crippen LogP contribution < -0.4 is 0 Å². The number of carbonyl (C=O) groups excluding carboxylic acids is 1. The summed E-state index contributed by atoms with van der Waals surface area (Å²) in [5, 5.41) is 3.18. The minimum Gasteiger partial charge on any atom is -0.342 e. The van der Waals surface area contributed by atoms with E-state index in [9.17, 15) is 4.79 Å². The summed E-state index contributed by atoms with van der Waals surface area (Å²) in [7, 11) is 0. The van der Waals surface area contributed by atoms with E-state index in [4.69, 9.17) is 11.6 Å². The Bertz CT molecular complexity index is 407. The molecule has 1 unspecified atom stereocenters. The van der Waals surface area contributed by atoms with Gasteiger partial charge in [-0.1, -0.05) is 6.92 Å². The molecule has 1 aromatic heterocycles. The molecule has 1 aromatic rings. The summed E-state index contributed by atoms with van der Waals surface area (Å²) < 4.78 is 0. The summed E-state index contributed by atoms with van der Waals surface area (Å²) in [5.41, 5.74) is 0.972. The van der Waals surface area contributed by atoms with Gasteiger partial charge in [-0.25, -0.2) is 4.98 Å². The molecule has 0 spiro atoms. The van der Waals surface area contributed by atoms with Crippen molar-refractivity contribution in [1.82, 2.24) is 9.88 Å². The summed E-state index contributed by atoms with van der Waals surface area (Å²) in [4.78, 5) is 18.0. The van der Waals surface area contributed by atoms with Crippen molar-refractivity contribution in [2.24, 2.45) is 5.92 Å². The lowest BCUT2D eigenvalue weighted by Crippen LogP contribution is -2.26. The van der Waals surface area contributed by atoms with E-state index in [1.165, 1.54) is 0 Å². The first-order valence-electron chi connectivity index (χ1n) is 6.46. The lowest BCUT2D eigenvalue weighted by molar-refractivity contribution is -0.127. The van der Waals surface area contributed by atoms with Gasteiger partial charge in [-0.05, 0) is 25.2 Å². The van der Waals surface area contributed by atoms with Crippen molar-refractivity contribution in [3.05, 3.63) is 16.1 Å². The average Bonchev–Trinajstić information content (AvgIpc) is 2.92. The lowest BCUT2D eigenvalue weighted by Gasteiger charge is -2.15. The highest BCUT2D eigenvalue weighted by atomic mass is 35.5. The number of carbonyl (C=O) groups is 1. The van der Waals surface area contributed by atoms with Gasteiger partial charge in [-0.15, -0.1) is 22.9 Å². The zero-order valence-corrected chi connectivity index (χ0v) is 12.3. The Morgan fingerprint density at radius 1 is 1.56 bits per heavy atom. The fourth-order valence-corrected chi connectivity index (χ4v) is 3.36. The smallest absolute Gasteiger partial charge is 0.222 e. The summed E-state index contributed by atoms with van der Waals surface area (Å²) in [6, 6.07) is 0. The van der Waals surface area contributed by atoms with Crippen LogP contribution in [0.25, 0.3) is 0 Å². The highest BCUT2D eigenvalue weighted by Gasteiger charge is 2.25. The van der Waals surface area contributed by atoms with Gasteiger partial charge >= 0.3 is 0 Å². The summed E-state index contributed by atoms with van der Waals surface area (Å²) in [5.74, 6) is 1.35. The molecule has 18 heavy (non-hydrogen) atoms. The Hall–Kier alpha value is -0.610. The molecular formula is C13H19ClN2OS. The van der Waals surface area contributed by atoms with Gasteiger partial charge in [-0.3, -0.25) is 4.79 Å². The first kappa shape index (κ1) is 13.8. The van der Waals surface area contributed by atoms with Crippen LogP contribution in [-0.2, 0) is 17.1 Å². The quantitative estimate of drug-likeness (QED) is 0.595. The van der Waals surface area contributed by atoms with Crippen LogP contribution in [0, 0.1) is 5.92 Å². The van der Waals surface area contributed by atoms with Crippen LogP contribution >= 0.6 is 22.9 Å². The fraction of sp³-hybridized carbons (Fsp3) is 0.692. The van der Waals surface area contributed by atoms with Crippen molar-refractivity contribution in [2.45, 2.75) is 38.5 Å². The summed E-state index contributed by atoms with van der Waals surface area (Å²) in [6.07, 6.45) is 3.88. The third-order valence-electron chi connectivity index (χ3n) is 3.21. The van der Waals surface area contributed by atoms with Crippen molar-refractivity contribution in [3.63, 3.8) is 0 Å². The Morgan fingerprint density at radius 3 is 3.00 bits per heavy atom. The Morgan fingerprint density at radius 2 is 2.39 bits per heavy atom. The van der Waals surface area contributed by atoms with Crippen LogP contribution in [-0.4, -0.2) is 28.9 Å². The monoisotopic (exact) mass is 286 g/mol. The van der Waals surface area contributed by atoms with Gasteiger partial charge in [0.15, 0.2) is 0 Å². The maximum absolute atomic E-state index is 11.6. The number of hydrogen-bond acceptors (Lipinski definition) is 3. The second-order valence-electron chi connectivity index (χ2n) is 4.97. The van der Waals surface area contributed by atoms with Crippen molar-refractivity contribution < 1.29 is 4.79 Å². The second kappa shape index (κ2) is 6.53. The molecule has 0 saturated carbocycles. The number of aromatic nitrogens is 1. The highest BCUT2D eigenvalue weighted by molar-refractivity contribution is 7.09. The van der Waals surface area contributed by atoms with Gasteiger partial charge in [0.1, 0.15) is 0 Å². The SMILES string of the molecule is CC1CC(=O)N(CCCCc2nc(CCl)cs2)C1. The lowest BCUT2D eigenvalue weighted by atomic mass is 10.2. The minimum atomic E-state index is 0.321. The highest BCUT2D eigenvalue weighted by Crippen LogP contribution is 2.18. The predicted molar refractivity (Wildman–Crippen MR) is 75.0 cm³/mol. The minimum absolute atomic E-state index is 0.321. The van der Waals surface area contributed by atoms with Crippen LogP contribution in [0.4, 0.5) is 0 Å². The average molecular weight is 287 g/mol. The van der Waals surface area contributed by atoms with E-state index in [-0.39, 0.29) is 0 Å². The van der Waals surface area contributed by atoms with Crippen LogP contribution in [0.2, 0.25) is 0 Å². The number of unbranched alkanes of at least 4 members (excludes halogenated alkanes) is 1. The van der Waals surface area contributed by atoms with Crippen LogP contribution in [0.15, 0.2) is 5.38 Å². The number of aryl methyl sites for hydroxylation is 1. The van der Waals surface area contributed by atoms with Crippen molar-refractivity contribution in [3.8, 4) is 0 Å². The maximum atomic E-state index is 11.6. The molecule has 1 atom stereocenters. The van der Waals surface area contributed by atoms with Gasteiger partial charge in [0, 0.05) is 24.9 Å². The molecule has 0 radical (unpaired) electrons. The van der Waals surface area contributed by atoms with Crippen molar-refractivity contribution in [1.29, 1.82) is 0 Å². The number of hydrogen-bond donors (Lipinski definition) is 0. The predicted octanol–water partition coefficient (Wildman–Crippen LogP) is 3.07. The molecule has 0 aromatic carbocycles. The van der Waals surface area contributed by atoms with E-state index in [1.54, 1.807) is 11.3 Å². The number of halogens is 1. The van der Waals surface area contributed by atoms with Gasteiger partial charge in [0.2, 0.25) is 5.91 Å². The number of nitrogens with zero attached hydrogens (tertiary/aromatic N) is 2. The molecule has 100 valence electrons. The zero-order chi connectivity index (χ0) is 13.0. The third kappa shape index (κ3) is 3.69. The molecule has 2 heterocycles. The molecule has 1 fully saturated rings. The Balaban J connectivity index is 1.65.